The van der Waals surface area contributed by atoms with Crippen LogP contribution in [0.2, 0.25) is 10.0 Å². The van der Waals surface area contributed by atoms with Gasteiger partial charge in [0.15, 0.2) is 11.7 Å². The molecule has 0 bridgehead atoms. The van der Waals surface area contributed by atoms with Gasteiger partial charge in [0.1, 0.15) is 5.75 Å². The summed E-state index contributed by atoms with van der Waals surface area (Å²) in [7, 11) is 0. The monoisotopic (exact) mass is 434 g/mol. The molecule has 146 valence electrons. The smallest absolute Gasteiger partial charge is 0.264 e. The Bertz CT molecular complexity index is 955. The zero-order chi connectivity index (χ0) is 20.1. The molecule has 3 rings (SSSR count). The molecule has 0 fully saturated rings. The van der Waals surface area contributed by atoms with Crippen LogP contribution < -0.4 is 10.1 Å². The van der Waals surface area contributed by atoms with Crippen molar-refractivity contribution in [1.82, 2.24) is 4.98 Å². The number of anilines is 1. The highest BCUT2D eigenvalue weighted by Gasteiger charge is 2.10. The maximum atomic E-state index is 12.1. The molecule has 28 heavy (non-hydrogen) atoms. The fraction of sp³-hybridized carbons (Fsp3) is 0.238. The van der Waals surface area contributed by atoms with Crippen molar-refractivity contribution in [3.8, 4) is 5.75 Å². The van der Waals surface area contributed by atoms with Crippen LogP contribution in [0.4, 0.5) is 5.13 Å². The number of rotatable bonds is 7. The number of amides is 1. The first kappa shape index (κ1) is 20.6. The molecule has 0 saturated heterocycles. The number of ether oxygens (including phenoxy) is 1. The van der Waals surface area contributed by atoms with Crippen LogP contribution in [0.1, 0.15) is 35.8 Å². The molecule has 0 aliphatic carbocycles. The Hall–Kier alpha value is -2.08. The molecule has 1 N–H and O–H groups in total. The van der Waals surface area contributed by atoms with E-state index in [9.17, 15) is 4.79 Å². The summed E-state index contributed by atoms with van der Waals surface area (Å²) < 4.78 is 5.54. The fourth-order valence-corrected chi connectivity index (χ4v) is 3.80. The number of carbonyl (C=O) groups excluding carboxylic acids is 1. The number of aromatic nitrogens is 1. The second kappa shape index (κ2) is 9.41. The summed E-state index contributed by atoms with van der Waals surface area (Å²) in [6.45, 7) is 4.19. The number of nitrogens with zero attached hydrogens (tertiary/aromatic N) is 1. The third-order valence-corrected chi connectivity index (χ3v) is 5.61. The van der Waals surface area contributed by atoms with Crippen LogP contribution >= 0.6 is 34.5 Å². The molecule has 3 aromatic rings. The second-order valence-electron chi connectivity index (χ2n) is 6.60. The minimum atomic E-state index is -0.255. The summed E-state index contributed by atoms with van der Waals surface area (Å²) in [5.74, 6) is 0.864. The number of thiazole rings is 1. The van der Waals surface area contributed by atoms with Gasteiger partial charge in [-0.15, -0.1) is 11.3 Å². The summed E-state index contributed by atoms with van der Waals surface area (Å²) >= 11 is 13.6. The molecule has 4 nitrogen and oxygen atoms in total. The van der Waals surface area contributed by atoms with E-state index in [1.54, 1.807) is 18.3 Å². The van der Waals surface area contributed by atoms with E-state index in [2.05, 4.69) is 24.1 Å². The molecule has 1 amide bonds. The molecule has 0 unspecified atom stereocenters. The van der Waals surface area contributed by atoms with Crippen molar-refractivity contribution in [3.63, 3.8) is 0 Å². The van der Waals surface area contributed by atoms with E-state index in [4.69, 9.17) is 27.9 Å². The van der Waals surface area contributed by atoms with Crippen molar-refractivity contribution < 1.29 is 9.53 Å². The van der Waals surface area contributed by atoms with Gasteiger partial charge in [-0.3, -0.25) is 10.1 Å². The van der Waals surface area contributed by atoms with Gasteiger partial charge in [-0.2, -0.15) is 0 Å². The van der Waals surface area contributed by atoms with Gasteiger partial charge in [0, 0.05) is 27.5 Å². The minimum Gasteiger partial charge on any atom is -0.484 e. The first-order valence-electron chi connectivity index (χ1n) is 8.82. The van der Waals surface area contributed by atoms with Gasteiger partial charge < -0.3 is 4.74 Å². The van der Waals surface area contributed by atoms with Gasteiger partial charge in [-0.05, 0) is 47.4 Å². The summed E-state index contributed by atoms with van der Waals surface area (Å²) in [5.41, 5.74) is 2.15. The van der Waals surface area contributed by atoms with E-state index in [1.807, 2.05) is 30.3 Å². The number of benzene rings is 2. The van der Waals surface area contributed by atoms with Crippen LogP contribution in [-0.4, -0.2) is 17.5 Å². The Morgan fingerprint density at radius 2 is 1.93 bits per heavy atom. The topological polar surface area (TPSA) is 51.2 Å². The van der Waals surface area contributed by atoms with Gasteiger partial charge in [-0.25, -0.2) is 4.98 Å². The lowest BCUT2D eigenvalue weighted by Crippen LogP contribution is -2.19. The summed E-state index contributed by atoms with van der Waals surface area (Å²) in [4.78, 5) is 17.3. The third kappa shape index (κ3) is 5.71. The SMILES string of the molecule is CC(C)c1ccc(OCC(=O)Nc2ncc(Cc3cc(Cl)ccc3Cl)s2)cc1. The standard InChI is InChI=1S/C21H20Cl2N2O2S/c1-13(2)14-3-6-17(7-4-14)27-12-20(26)25-21-24-11-18(28-21)10-15-9-16(22)5-8-19(15)23/h3-9,11,13H,10,12H2,1-2H3,(H,24,25,26). The van der Waals surface area contributed by atoms with Gasteiger partial charge >= 0.3 is 0 Å². The Morgan fingerprint density at radius 3 is 2.64 bits per heavy atom. The number of carbonyl (C=O) groups is 1. The Balaban J connectivity index is 1.53. The lowest BCUT2D eigenvalue weighted by molar-refractivity contribution is -0.118. The molecule has 0 atom stereocenters. The fourth-order valence-electron chi connectivity index (χ4n) is 2.57. The predicted molar refractivity (Wildman–Crippen MR) is 116 cm³/mol. The minimum absolute atomic E-state index is 0.0734. The molecular weight excluding hydrogens is 415 g/mol. The zero-order valence-corrected chi connectivity index (χ0v) is 17.9. The highest BCUT2D eigenvalue weighted by molar-refractivity contribution is 7.15. The van der Waals surface area contributed by atoms with E-state index in [-0.39, 0.29) is 12.5 Å². The van der Waals surface area contributed by atoms with Crippen molar-refractivity contribution in [2.45, 2.75) is 26.2 Å². The molecule has 0 aliphatic rings. The molecule has 1 aromatic heterocycles. The molecule has 0 radical (unpaired) electrons. The molecule has 7 heteroatoms. The molecule has 2 aromatic carbocycles. The lowest BCUT2D eigenvalue weighted by atomic mass is 10.0. The van der Waals surface area contributed by atoms with Crippen LogP contribution in [0.5, 0.6) is 5.75 Å². The molecular formula is C21H20Cl2N2O2S. The van der Waals surface area contributed by atoms with Crippen molar-refractivity contribution in [3.05, 3.63) is 74.7 Å². The van der Waals surface area contributed by atoms with Crippen molar-refractivity contribution in [1.29, 1.82) is 0 Å². The number of hydrogen-bond acceptors (Lipinski definition) is 4. The Morgan fingerprint density at radius 1 is 1.18 bits per heavy atom. The normalized spacial score (nSPS) is 10.9. The third-order valence-electron chi connectivity index (χ3n) is 4.09. The van der Waals surface area contributed by atoms with Gasteiger partial charge in [0.05, 0.1) is 0 Å². The highest BCUT2D eigenvalue weighted by atomic mass is 35.5. The van der Waals surface area contributed by atoms with Gasteiger partial charge in [-0.1, -0.05) is 49.2 Å². The summed E-state index contributed by atoms with van der Waals surface area (Å²) in [6, 6.07) is 13.1. The number of hydrogen-bond donors (Lipinski definition) is 1. The van der Waals surface area contributed by atoms with Crippen molar-refractivity contribution in [2.75, 3.05) is 11.9 Å². The number of halogens is 2. The average Bonchev–Trinajstić information content (AvgIpc) is 3.10. The lowest BCUT2D eigenvalue weighted by Gasteiger charge is -2.08. The largest absolute Gasteiger partial charge is 0.484 e. The van der Waals surface area contributed by atoms with E-state index >= 15 is 0 Å². The molecule has 1 heterocycles. The average molecular weight is 435 g/mol. The molecule has 0 saturated carbocycles. The van der Waals surface area contributed by atoms with E-state index < -0.39 is 0 Å². The van der Waals surface area contributed by atoms with E-state index in [1.165, 1.54) is 16.9 Å². The van der Waals surface area contributed by atoms with E-state index in [0.717, 1.165) is 10.4 Å². The maximum Gasteiger partial charge on any atom is 0.264 e. The molecule has 0 spiro atoms. The predicted octanol–water partition coefficient (Wildman–Crippen LogP) is 6.18. The molecule has 0 aliphatic heterocycles. The first-order valence-corrected chi connectivity index (χ1v) is 10.4. The summed E-state index contributed by atoms with van der Waals surface area (Å²) in [6.07, 6.45) is 2.33. The number of nitrogens with one attached hydrogen (secondary N) is 1. The second-order valence-corrected chi connectivity index (χ2v) is 8.56. The van der Waals surface area contributed by atoms with Crippen LogP contribution in [0, 0.1) is 0 Å². The Labute approximate surface area is 178 Å². The van der Waals surface area contributed by atoms with Crippen molar-refractivity contribution >= 4 is 45.6 Å². The van der Waals surface area contributed by atoms with Gasteiger partial charge in [0.2, 0.25) is 0 Å². The van der Waals surface area contributed by atoms with Crippen LogP contribution in [0.3, 0.4) is 0 Å². The zero-order valence-electron chi connectivity index (χ0n) is 15.5. The Kier molecular flexibility index (Phi) is 6.94. The van der Waals surface area contributed by atoms with Crippen LogP contribution in [-0.2, 0) is 11.2 Å². The van der Waals surface area contributed by atoms with Crippen LogP contribution in [0.15, 0.2) is 48.7 Å². The first-order chi connectivity index (χ1) is 13.4. The summed E-state index contributed by atoms with van der Waals surface area (Å²) in [5, 5.41) is 4.57. The maximum absolute atomic E-state index is 12.1. The van der Waals surface area contributed by atoms with E-state index in [0.29, 0.717) is 33.3 Å². The van der Waals surface area contributed by atoms with Gasteiger partial charge in [0.25, 0.3) is 5.91 Å². The van der Waals surface area contributed by atoms with Crippen LogP contribution in [0.25, 0.3) is 0 Å². The highest BCUT2D eigenvalue weighted by Crippen LogP contribution is 2.27. The van der Waals surface area contributed by atoms with Crippen molar-refractivity contribution in [2.24, 2.45) is 0 Å². The quantitative estimate of drug-likeness (QED) is 0.482.